The molecule has 0 amide bonds. The molecule has 0 fully saturated rings. The molecule has 0 aliphatic carbocycles. The van der Waals surface area contributed by atoms with E-state index in [1.54, 1.807) is 11.3 Å². The summed E-state index contributed by atoms with van der Waals surface area (Å²) in [7, 11) is 0. The van der Waals surface area contributed by atoms with Gasteiger partial charge in [-0.25, -0.2) is 4.98 Å². The number of aromatic nitrogens is 1. The van der Waals surface area contributed by atoms with Crippen molar-refractivity contribution in [2.24, 2.45) is 0 Å². The van der Waals surface area contributed by atoms with E-state index in [9.17, 15) is 0 Å². The van der Waals surface area contributed by atoms with Gasteiger partial charge in [-0.1, -0.05) is 35.8 Å². The summed E-state index contributed by atoms with van der Waals surface area (Å²) >= 11 is 5.08. The molecule has 2 rings (SSSR count). The quantitative estimate of drug-likeness (QED) is 0.881. The van der Waals surface area contributed by atoms with E-state index in [0.717, 1.165) is 25.7 Å². The summed E-state index contributed by atoms with van der Waals surface area (Å²) in [5, 5.41) is 1.90. The normalized spacial score (nSPS) is 11.1. The lowest BCUT2D eigenvalue weighted by atomic mass is 10.1. The van der Waals surface area contributed by atoms with Crippen molar-refractivity contribution in [3.8, 4) is 11.3 Å². The molecule has 90 valence electrons. The number of hydrogen-bond acceptors (Lipinski definition) is 3. The van der Waals surface area contributed by atoms with Crippen molar-refractivity contribution in [2.45, 2.75) is 26.7 Å². The molecule has 2 N–H and O–H groups in total. The van der Waals surface area contributed by atoms with E-state index < -0.39 is 0 Å². The average molecular weight is 311 g/mol. The molecule has 2 nitrogen and oxygen atoms in total. The molecule has 4 heteroatoms. The molecule has 17 heavy (non-hydrogen) atoms. The van der Waals surface area contributed by atoms with Crippen LogP contribution in [0.3, 0.4) is 0 Å². The van der Waals surface area contributed by atoms with Gasteiger partial charge in [0, 0.05) is 16.0 Å². The Morgan fingerprint density at radius 2 is 2.06 bits per heavy atom. The first kappa shape index (κ1) is 12.6. The third-order valence-corrected chi connectivity index (χ3v) is 4.67. The van der Waals surface area contributed by atoms with Crippen molar-refractivity contribution >= 4 is 32.3 Å². The number of rotatable bonds is 2. The first-order chi connectivity index (χ1) is 7.99. The van der Waals surface area contributed by atoms with Gasteiger partial charge >= 0.3 is 0 Å². The largest absolute Gasteiger partial charge is 0.389 e. The van der Waals surface area contributed by atoms with Crippen molar-refractivity contribution in [1.82, 2.24) is 4.98 Å². The summed E-state index contributed by atoms with van der Waals surface area (Å²) < 4.78 is 1.11. The monoisotopic (exact) mass is 310 g/mol. The Balaban J connectivity index is 2.49. The van der Waals surface area contributed by atoms with Gasteiger partial charge in [0.15, 0.2) is 0 Å². The minimum Gasteiger partial charge on any atom is -0.389 e. The number of halogens is 1. The fraction of sp³-hybridized carbons (Fsp3) is 0.308. The Kier molecular flexibility index (Phi) is 3.54. The van der Waals surface area contributed by atoms with E-state index in [-0.39, 0.29) is 0 Å². The number of nitrogens with two attached hydrogens (primary N) is 1. The van der Waals surface area contributed by atoms with Gasteiger partial charge < -0.3 is 5.73 Å². The van der Waals surface area contributed by atoms with Gasteiger partial charge in [0.2, 0.25) is 0 Å². The highest BCUT2D eigenvalue weighted by molar-refractivity contribution is 9.10. The van der Waals surface area contributed by atoms with Crippen LogP contribution in [-0.4, -0.2) is 4.98 Å². The average Bonchev–Trinajstić information content (AvgIpc) is 2.65. The number of hydrogen-bond donors (Lipinski definition) is 1. The zero-order valence-electron chi connectivity index (χ0n) is 10.1. The van der Waals surface area contributed by atoms with E-state index >= 15 is 0 Å². The van der Waals surface area contributed by atoms with E-state index in [1.165, 1.54) is 5.56 Å². The number of nitrogens with zero attached hydrogens (tertiary/aromatic N) is 1. The van der Waals surface area contributed by atoms with Gasteiger partial charge in [-0.05, 0) is 24.6 Å². The van der Waals surface area contributed by atoms with E-state index in [0.29, 0.717) is 5.92 Å². The van der Waals surface area contributed by atoms with Crippen LogP contribution in [0.1, 0.15) is 30.3 Å². The van der Waals surface area contributed by atoms with Crippen LogP contribution in [0.15, 0.2) is 22.7 Å². The predicted octanol–water partition coefficient (Wildman–Crippen LogP) is 4.59. The van der Waals surface area contributed by atoms with Crippen LogP contribution >= 0.6 is 27.3 Å². The van der Waals surface area contributed by atoms with E-state index in [2.05, 4.69) is 47.8 Å². The molecule has 0 bridgehead atoms. The lowest BCUT2D eigenvalue weighted by Gasteiger charge is -2.02. The maximum absolute atomic E-state index is 6.04. The Bertz CT molecular complexity index is 546. The second-order valence-electron chi connectivity index (χ2n) is 4.38. The maximum atomic E-state index is 6.04. The minimum absolute atomic E-state index is 0.424. The Morgan fingerprint density at radius 1 is 1.35 bits per heavy atom. The van der Waals surface area contributed by atoms with Crippen molar-refractivity contribution in [2.75, 3.05) is 5.73 Å². The van der Waals surface area contributed by atoms with E-state index in [1.807, 2.05) is 12.1 Å². The van der Waals surface area contributed by atoms with Gasteiger partial charge in [0.25, 0.3) is 0 Å². The zero-order valence-corrected chi connectivity index (χ0v) is 12.5. The van der Waals surface area contributed by atoms with Crippen LogP contribution in [0, 0.1) is 6.92 Å². The molecule has 0 aliphatic rings. The molecule has 0 spiro atoms. The summed E-state index contributed by atoms with van der Waals surface area (Å²) in [6.07, 6.45) is 0. The summed E-state index contributed by atoms with van der Waals surface area (Å²) in [5.74, 6) is 0.424. The minimum atomic E-state index is 0.424. The van der Waals surface area contributed by atoms with Gasteiger partial charge in [-0.3, -0.25) is 0 Å². The Labute approximate surface area is 114 Å². The van der Waals surface area contributed by atoms with Gasteiger partial charge in [0.05, 0.1) is 5.01 Å². The van der Waals surface area contributed by atoms with Crippen LogP contribution in [0.5, 0.6) is 0 Å². The van der Waals surface area contributed by atoms with Crippen LogP contribution < -0.4 is 5.73 Å². The number of benzene rings is 1. The lowest BCUT2D eigenvalue weighted by molar-refractivity contribution is 0.853. The highest BCUT2D eigenvalue weighted by Crippen LogP contribution is 2.34. The molecule has 1 aromatic carbocycles. The molecule has 0 saturated heterocycles. The zero-order chi connectivity index (χ0) is 12.6. The van der Waals surface area contributed by atoms with Crippen molar-refractivity contribution < 1.29 is 0 Å². The molecule has 0 radical (unpaired) electrons. The molecule has 0 aliphatic heterocycles. The molecule has 1 aromatic heterocycles. The number of nitrogen functional groups attached to an aromatic ring is 1. The smallest absolute Gasteiger partial charge is 0.114 e. The Morgan fingerprint density at radius 3 is 2.59 bits per heavy atom. The van der Waals surface area contributed by atoms with Gasteiger partial charge in [0.1, 0.15) is 10.7 Å². The molecular formula is C13H15BrN2S. The first-order valence-electron chi connectivity index (χ1n) is 5.51. The lowest BCUT2D eigenvalue weighted by Crippen LogP contribution is -1.88. The van der Waals surface area contributed by atoms with Gasteiger partial charge in [-0.15, -0.1) is 11.3 Å². The van der Waals surface area contributed by atoms with Crippen LogP contribution in [-0.2, 0) is 0 Å². The molecule has 2 aromatic rings. The highest BCUT2D eigenvalue weighted by Gasteiger charge is 2.13. The summed E-state index contributed by atoms with van der Waals surface area (Å²) in [4.78, 5) is 4.63. The third kappa shape index (κ3) is 2.53. The second-order valence-corrected chi connectivity index (χ2v) is 6.30. The van der Waals surface area contributed by atoms with Crippen LogP contribution in [0.2, 0.25) is 0 Å². The van der Waals surface area contributed by atoms with Crippen molar-refractivity contribution in [3.63, 3.8) is 0 Å². The highest BCUT2D eigenvalue weighted by atomic mass is 79.9. The Hall–Kier alpha value is -0.870. The number of aryl methyl sites for hydroxylation is 1. The van der Waals surface area contributed by atoms with Crippen LogP contribution in [0.4, 0.5) is 5.00 Å². The molecule has 0 atom stereocenters. The SMILES string of the molecule is Cc1cc(-c2nc(C(C)C)sc2N)ccc1Br. The number of thiazole rings is 1. The first-order valence-corrected chi connectivity index (χ1v) is 7.12. The summed E-state index contributed by atoms with van der Waals surface area (Å²) in [6, 6.07) is 6.20. The standard InChI is InChI=1S/C13H15BrN2S/c1-7(2)13-16-11(12(15)17-13)9-4-5-10(14)8(3)6-9/h4-7H,15H2,1-3H3. The summed E-state index contributed by atoms with van der Waals surface area (Å²) in [6.45, 7) is 6.34. The molecule has 0 unspecified atom stereocenters. The topological polar surface area (TPSA) is 38.9 Å². The van der Waals surface area contributed by atoms with Crippen molar-refractivity contribution in [1.29, 1.82) is 0 Å². The predicted molar refractivity (Wildman–Crippen MR) is 78.5 cm³/mol. The van der Waals surface area contributed by atoms with Crippen LogP contribution in [0.25, 0.3) is 11.3 Å². The third-order valence-electron chi connectivity index (χ3n) is 2.60. The van der Waals surface area contributed by atoms with Gasteiger partial charge in [-0.2, -0.15) is 0 Å². The molecule has 0 saturated carbocycles. The molecular weight excluding hydrogens is 296 g/mol. The fourth-order valence-corrected chi connectivity index (χ4v) is 2.70. The fourth-order valence-electron chi connectivity index (χ4n) is 1.59. The maximum Gasteiger partial charge on any atom is 0.114 e. The molecule has 1 heterocycles. The van der Waals surface area contributed by atoms with Crippen molar-refractivity contribution in [3.05, 3.63) is 33.2 Å². The summed E-state index contributed by atoms with van der Waals surface area (Å²) in [5.41, 5.74) is 9.24. The number of anilines is 1. The second kappa shape index (κ2) is 4.78. The van der Waals surface area contributed by atoms with E-state index in [4.69, 9.17) is 5.73 Å².